The Labute approximate surface area is 128 Å². The van der Waals surface area contributed by atoms with Crippen molar-refractivity contribution in [1.82, 2.24) is 5.32 Å². The van der Waals surface area contributed by atoms with Crippen LogP contribution in [-0.4, -0.2) is 6.54 Å². The second-order valence-corrected chi connectivity index (χ2v) is 6.33. The molecule has 0 radical (unpaired) electrons. The van der Waals surface area contributed by atoms with E-state index in [9.17, 15) is 4.39 Å². The van der Waals surface area contributed by atoms with Gasteiger partial charge in [0.15, 0.2) is 0 Å². The summed E-state index contributed by atoms with van der Waals surface area (Å²) in [5, 5.41) is 6.08. The van der Waals surface area contributed by atoms with Gasteiger partial charge in [-0.05, 0) is 67.1 Å². The highest BCUT2D eigenvalue weighted by Gasteiger charge is 2.20. The van der Waals surface area contributed by atoms with Gasteiger partial charge in [0.05, 0.1) is 6.04 Å². The van der Waals surface area contributed by atoms with Crippen LogP contribution in [0.25, 0.3) is 0 Å². The maximum Gasteiger partial charge on any atom is 0.127 e. The molecule has 0 aliphatic heterocycles. The van der Waals surface area contributed by atoms with Gasteiger partial charge in [0.1, 0.15) is 5.82 Å². The van der Waals surface area contributed by atoms with E-state index in [2.05, 4.69) is 30.6 Å². The molecule has 1 N–H and O–H groups in total. The summed E-state index contributed by atoms with van der Waals surface area (Å²) < 4.78 is 13.6. The van der Waals surface area contributed by atoms with Gasteiger partial charge in [-0.25, -0.2) is 4.39 Å². The van der Waals surface area contributed by atoms with Crippen molar-refractivity contribution in [2.75, 3.05) is 6.54 Å². The fourth-order valence-corrected chi connectivity index (χ4v) is 3.49. The third kappa shape index (κ3) is 3.22. The molecule has 1 atom stereocenters. The highest BCUT2D eigenvalue weighted by Crippen LogP contribution is 2.34. The van der Waals surface area contributed by atoms with Crippen LogP contribution in [0.2, 0.25) is 5.02 Å². The third-order valence-corrected chi connectivity index (χ3v) is 4.76. The van der Waals surface area contributed by atoms with Crippen molar-refractivity contribution in [3.05, 3.63) is 56.0 Å². The van der Waals surface area contributed by atoms with Crippen LogP contribution in [0.3, 0.4) is 0 Å². The number of halogens is 2. The monoisotopic (exact) mass is 311 g/mol. The summed E-state index contributed by atoms with van der Waals surface area (Å²) in [5.74, 6) is -0.254. The lowest BCUT2D eigenvalue weighted by molar-refractivity contribution is 0.594. The van der Waals surface area contributed by atoms with Gasteiger partial charge in [0, 0.05) is 9.90 Å². The van der Waals surface area contributed by atoms with Gasteiger partial charge in [-0.15, -0.1) is 11.3 Å². The van der Waals surface area contributed by atoms with Gasteiger partial charge in [-0.3, -0.25) is 0 Å². The first-order valence-electron chi connectivity index (χ1n) is 6.77. The van der Waals surface area contributed by atoms with E-state index < -0.39 is 0 Å². The largest absolute Gasteiger partial charge is 0.306 e. The lowest BCUT2D eigenvalue weighted by Crippen LogP contribution is -2.23. The van der Waals surface area contributed by atoms with E-state index in [1.54, 1.807) is 18.3 Å². The standard InChI is InChI=1S/C16H19ClFNS/c1-4-6-19-15(16-10(2)5-7-20-16)12-8-11(3)14(18)9-13(12)17/h5,7-9,15,19H,4,6H2,1-3H3. The number of benzene rings is 1. The number of nitrogens with one attached hydrogen (secondary N) is 1. The van der Waals surface area contributed by atoms with Crippen molar-refractivity contribution in [3.63, 3.8) is 0 Å². The Kier molecular flexibility index (Phi) is 5.19. The molecular formula is C16H19ClFNS. The highest BCUT2D eigenvalue weighted by atomic mass is 35.5. The van der Waals surface area contributed by atoms with Crippen molar-refractivity contribution in [1.29, 1.82) is 0 Å². The van der Waals surface area contributed by atoms with E-state index in [0.29, 0.717) is 10.6 Å². The maximum absolute atomic E-state index is 13.6. The van der Waals surface area contributed by atoms with Crippen LogP contribution < -0.4 is 5.32 Å². The first-order chi connectivity index (χ1) is 9.54. The van der Waals surface area contributed by atoms with Crippen molar-refractivity contribution in [2.45, 2.75) is 33.2 Å². The molecule has 0 aliphatic rings. The number of hydrogen-bond acceptors (Lipinski definition) is 2. The minimum absolute atomic E-state index is 0.0294. The first kappa shape index (κ1) is 15.5. The minimum atomic E-state index is -0.254. The summed E-state index contributed by atoms with van der Waals surface area (Å²) in [6.07, 6.45) is 1.04. The van der Waals surface area contributed by atoms with E-state index >= 15 is 0 Å². The fraction of sp³-hybridized carbons (Fsp3) is 0.375. The molecular weight excluding hydrogens is 293 g/mol. The lowest BCUT2D eigenvalue weighted by atomic mass is 10.0. The molecule has 0 saturated heterocycles. The van der Waals surface area contributed by atoms with Crippen LogP contribution in [0.15, 0.2) is 23.6 Å². The summed E-state index contributed by atoms with van der Waals surface area (Å²) in [6.45, 7) is 6.89. The Morgan fingerprint density at radius 2 is 2.05 bits per heavy atom. The van der Waals surface area contributed by atoms with Crippen LogP contribution in [0.1, 0.15) is 41.0 Å². The predicted molar refractivity (Wildman–Crippen MR) is 85.3 cm³/mol. The van der Waals surface area contributed by atoms with Gasteiger partial charge in [0.25, 0.3) is 0 Å². The zero-order valence-corrected chi connectivity index (χ0v) is 13.5. The Morgan fingerprint density at radius 3 is 2.65 bits per heavy atom. The van der Waals surface area contributed by atoms with Gasteiger partial charge < -0.3 is 5.32 Å². The van der Waals surface area contributed by atoms with Crippen molar-refractivity contribution in [2.24, 2.45) is 0 Å². The second-order valence-electron chi connectivity index (χ2n) is 4.98. The molecule has 0 amide bonds. The minimum Gasteiger partial charge on any atom is -0.306 e. The van der Waals surface area contributed by atoms with E-state index in [4.69, 9.17) is 11.6 Å². The molecule has 4 heteroatoms. The van der Waals surface area contributed by atoms with Crippen LogP contribution >= 0.6 is 22.9 Å². The Morgan fingerprint density at radius 1 is 1.30 bits per heavy atom. The van der Waals surface area contributed by atoms with Gasteiger partial charge in [-0.1, -0.05) is 18.5 Å². The average Bonchev–Trinajstić information content (AvgIpc) is 2.82. The number of aryl methyl sites for hydroxylation is 2. The number of rotatable bonds is 5. The van der Waals surface area contributed by atoms with E-state index in [1.165, 1.54) is 16.5 Å². The molecule has 20 heavy (non-hydrogen) atoms. The molecule has 0 spiro atoms. The predicted octanol–water partition coefficient (Wildman–Crippen LogP) is 5.25. The Balaban J connectivity index is 2.46. The maximum atomic E-state index is 13.6. The quantitative estimate of drug-likeness (QED) is 0.795. The first-order valence-corrected chi connectivity index (χ1v) is 8.03. The van der Waals surface area contributed by atoms with E-state index in [-0.39, 0.29) is 11.9 Å². The summed E-state index contributed by atoms with van der Waals surface area (Å²) >= 11 is 7.98. The summed E-state index contributed by atoms with van der Waals surface area (Å²) in [5.41, 5.74) is 2.81. The lowest BCUT2D eigenvalue weighted by Gasteiger charge is -2.21. The van der Waals surface area contributed by atoms with Crippen molar-refractivity contribution < 1.29 is 4.39 Å². The van der Waals surface area contributed by atoms with Crippen LogP contribution in [0, 0.1) is 19.7 Å². The molecule has 2 rings (SSSR count). The normalized spacial score (nSPS) is 12.7. The van der Waals surface area contributed by atoms with Crippen molar-refractivity contribution >= 4 is 22.9 Å². The molecule has 0 bridgehead atoms. The average molecular weight is 312 g/mol. The van der Waals surface area contributed by atoms with E-state index in [0.717, 1.165) is 18.5 Å². The molecule has 1 aromatic carbocycles. The Bertz CT molecular complexity index is 594. The molecule has 1 nitrogen and oxygen atoms in total. The number of thiophene rings is 1. The smallest absolute Gasteiger partial charge is 0.127 e. The zero-order chi connectivity index (χ0) is 14.7. The van der Waals surface area contributed by atoms with Crippen molar-refractivity contribution in [3.8, 4) is 0 Å². The molecule has 1 unspecified atom stereocenters. The molecule has 1 heterocycles. The molecule has 0 aliphatic carbocycles. The topological polar surface area (TPSA) is 12.0 Å². The Hall–Kier alpha value is -0.900. The van der Waals surface area contributed by atoms with Crippen LogP contribution in [-0.2, 0) is 0 Å². The SMILES string of the molecule is CCCNC(c1cc(C)c(F)cc1Cl)c1sccc1C. The molecule has 0 fully saturated rings. The second kappa shape index (κ2) is 6.70. The van der Waals surface area contributed by atoms with Gasteiger partial charge >= 0.3 is 0 Å². The summed E-state index contributed by atoms with van der Waals surface area (Å²) in [4.78, 5) is 1.24. The third-order valence-electron chi connectivity index (χ3n) is 3.35. The van der Waals surface area contributed by atoms with Gasteiger partial charge in [0.2, 0.25) is 0 Å². The van der Waals surface area contributed by atoms with Crippen LogP contribution in [0.4, 0.5) is 4.39 Å². The summed E-state index contributed by atoms with van der Waals surface area (Å²) in [7, 11) is 0. The molecule has 108 valence electrons. The summed E-state index contributed by atoms with van der Waals surface area (Å²) in [6, 6.07) is 5.40. The molecule has 0 saturated carbocycles. The highest BCUT2D eigenvalue weighted by molar-refractivity contribution is 7.10. The molecule has 2 aromatic rings. The van der Waals surface area contributed by atoms with Crippen LogP contribution in [0.5, 0.6) is 0 Å². The zero-order valence-electron chi connectivity index (χ0n) is 12.0. The van der Waals surface area contributed by atoms with Gasteiger partial charge in [-0.2, -0.15) is 0 Å². The van der Waals surface area contributed by atoms with E-state index in [1.807, 2.05) is 6.07 Å². The number of hydrogen-bond donors (Lipinski definition) is 1. The molecule has 1 aromatic heterocycles. The fourth-order valence-electron chi connectivity index (χ4n) is 2.21.